The molecule has 0 radical (unpaired) electrons. The van der Waals surface area contributed by atoms with Crippen LogP contribution in [0.3, 0.4) is 0 Å². The molecule has 24 heavy (non-hydrogen) atoms. The Labute approximate surface area is 144 Å². The van der Waals surface area contributed by atoms with E-state index in [0.29, 0.717) is 37.6 Å². The second-order valence-electron chi connectivity index (χ2n) is 5.43. The van der Waals surface area contributed by atoms with E-state index in [2.05, 4.69) is 5.32 Å². The van der Waals surface area contributed by atoms with Crippen LogP contribution in [0.2, 0.25) is 5.02 Å². The maximum atomic E-state index is 12.2. The van der Waals surface area contributed by atoms with Crippen LogP contribution in [0, 0.1) is 5.92 Å². The minimum Gasteiger partial charge on any atom is -0.506 e. The molecule has 2 N–H and O–H groups in total. The molecular weight excluding hydrogens is 336 g/mol. The smallest absolute Gasteiger partial charge is 0.314 e. The quantitative estimate of drug-likeness (QED) is 0.490. The first-order valence-electron chi connectivity index (χ1n) is 7.67. The van der Waals surface area contributed by atoms with Gasteiger partial charge in [0.2, 0.25) is 0 Å². The first-order chi connectivity index (χ1) is 11.4. The van der Waals surface area contributed by atoms with E-state index >= 15 is 0 Å². The summed E-state index contributed by atoms with van der Waals surface area (Å²) in [5.41, 5.74) is 0.0715. The van der Waals surface area contributed by atoms with Crippen molar-refractivity contribution in [1.82, 2.24) is 4.90 Å². The Morgan fingerprint density at radius 3 is 2.62 bits per heavy atom. The first kappa shape index (κ1) is 18.1. The first-order valence-corrected chi connectivity index (χ1v) is 8.05. The van der Waals surface area contributed by atoms with Crippen LogP contribution in [-0.4, -0.2) is 47.5 Å². The fourth-order valence-corrected chi connectivity index (χ4v) is 2.68. The van der Waals surface area contributed by atoms with Gasteiger partial charge in [0.1, 0.15) is 5.75 Å². The fourth-order valence-electron chi connectivity index (χ4n) is 2.51. The minimum atomic E-state index is -0.859. The van der Waals surface area contributed by atoms with Crippen molar-refractivity contribution in [1.29, 1.82) is 0 Å². The van der Waals surface area contributed by atoms with Gasteiger partial charge in [0.25, 0.3) is 0 Å². The predicted molar refractivity (Wildman–Crippen MR) is 87.7 cm³/mol. The lowest BCUT2D eigenvalue weighted by Gasteiger charge is -2.30. The van der Waals surface area contributed by atoms with E-state index < -0.39 is 11.8 Å². The fraction of sp³-hybridized carbons (Fsp3) is 0.438. The molecule has 2 rings (SSSR count). The molecule has 1 aliphatic heterocycles. The Kier molecular flexibility index (Phi) is 6.03. The van der Waals surface area contributed by atoms with Crippen molar-refractivity contribution in [2.45, 2.75) is 19.8 Å². The summed E-state index contributed by atoms with van der Waals surface area (Å²) in [6.07, 6.45) is 0.917. The summed E-state index contributed by atoms with van der Waals surface area (Å²) in [5, 5.41) is 12.3. The van der Waals surface area contributed by atoms with Crippen LogP contribution in [0.15, 0.2) is 18.2 Å². The van der Waals surface area contributed by atoms with Crippen molar-refractivity contribution in [3.8, 4) is 5.75 Å². The highest BCUT2D eigenvalue weighted by molar-refractivity contribution is 6.40. The van der Waals surface area contributed by atoms with Crippen molar-refractivity contribution in [2.24, 2.45) is 5.92 Å². The molecule has 1 aliphatic rings. The average Bonchev–Trinajstić information content (AvgIpc) is 2.57. The summed E-state index contributed by atoms with van der Waals surface area (Å²) in [5.74, 6) is -2.26. The highest BCUT2D eigenvalue weighted by atomic mass is 35.5. The molecule has 130 valence electrons. The van der Waals surface area contributed by atoms with Gasteiger partial charge in [-0.05, 0) is 38.0 Å². The normalized spacial score (nSPS) is 15.0. The molecule has 1 saturated heterocycles. The lowest BCUT2D eigenvalue weighted by atomic mass is 9.97. The molecule has 0 spiro atoms. The molecule has 1 aromatic rings. The van der Waals surface area contributed by atoms with E-state index in [9.17, 15) is 19.5 Å². The predicted octanol–water partition coefficient (Wildman–Crippen LogP) is 1.79. The van der Waals surface area contributed by atoms with Gasteiger partial charge in [-0.3, -0.25) is 14.4 Å². The summed E-state index contributed by atoms with van der Waals surface area (Å²) < 4.78 is 4.97. The summed E-state index contributed by atoms with van der Waals surface area (Å²) in [6.45, 7) is 2.67. The van der Waals surface area contributed by atoms with Crippen molar-refractivity contribution < 1.29 is 24.2 Å². The second-order valence-corrected chi connectivity index (χ2v) is 5.87. The number of likely N-dealkylation sites (tertiary alicyclic amines) is 1. The molecule has 7 nitrogen and oxygen atoms in total. The van der Waals surface area contributed by atoms with Gasteiger partial charge in [-0.15, -0.1) is 0 Å². The number of piperidine rings is 1. The summed E-state index contributed by atoms with van der Waals surface area (Å²) in [7, 11) is 0. The molecule has 0 unspecified atom stereocenters. The number of halogens is 1. The van der Waals surface area contributed by atoms with Crippen LogP contribution in [0.1, 0.15) is 19.8 Å². The number of carbonyl (C=O) groups is 3. The zero-order chi connectivity index (χ0) is 17.7. The summed E-state index contributed by atoms with van der Waals surface area (Å²) >= 11 is 5.80. The Morgan fingerprint density at radius 1 is 1.33 bits per heavy atom. The Hall–Kier alpha value is -2.28. The maximum absolute atomic E-state index is 12.2. The van der Waals surface area contributed by atoms with Gasteiger partial charge in [-0.1, -0.05) is 11.6 Å². The lowest BCUT2D eigenvalue weighted by molar-refractivity contribution is -0.152. The van der Waals surface area contributed by atoms with Gasteiger partial charge in [-0.2, -0.15) is 0 Å². The molecule has 1 fully saturated rings. The highest BCUT2D eigenvalue weighted by Gasteiger charge is 2.31. The molecule has 0 aromatic heterocycles. The van der Waals surface area contributed by atoms with Gasteiger partial charge in [0, 0.05) is 18.1 Å². The van der Waals surface area contributed by atoms with E-state index in [1.165, 1.54) is 23.1 Å². The number of nitrogens with zero attached hydrogens (tertiary/aromatic N) is 1. The Morgan fingerprint density at radius 2 is 2.00 bits per heavy atom. The molecule has 2 amide bonds. The highest BCUT2D eigenvalue weighted by Crippen LogP contribution is 2.26. The van der Waals surface area contributed by atoms with E-state index in [1.54, 1.807) is 6.92 Å². The number of nitrogens with one attached hydrogen (secondary N) is 1. The number of aromatic hydroxyl groups is 1. The van der Waals surface area contributed by atoms with E-state index in [-0.39, 0.29) is 23.3 Å². The third-order valence-corrected chi connectivity index (χ3v) is 4.04. The number of phenolic OH excluding ortho intramolecular Hbond substituents is 1. The third kappa shape index (κ3) is 4.38. The molecule has 1 aromatic carbocycles. The molecular formula is C16H19ClN2O5. The minimum absolute atomic E-state index is 0.0715. The zero-order valence-corrected chi connectivity index (χ0v) is 14.0. The largest absolute Gasteiger partial charge is 0.506 e. The molecule has 8 heteroatoms. The third-order valence-electron chi connectivity index (χ3n) is 3.80. The average molecular weight is 355 g/mol. The van der Waals surface area contributed by atoms with E-state index in [1.807, 2.05) is 0 Å². The Balaban J connectivity index is 1.91. The van der Waals surface area contributed by atoms with Crippen LogP contribution >= 0.6 is 11.6 Å². The van der Waals surface area contributed by atoms with Crippen LogP contribution in [0.25, 0.3) is 0 Å². The molecule has 1 heterocycles. The van der Waals surface area contributed by atoms with Crippen LogP contribution in [-0.2, 0) is 19.1 Å². The number of anilines is 1. The number of benzene rings is 1. The second kappa shape index (κ2) is 8.01. The number of hydrogen-bond donors (Lipinski definition) is 2. The molecule has 0 atom stereocenters. The van der Waals surface area contributed by atoms with Crippen LogP contribution < -0.4 is 5.32 Å². The Bertz CT molecular complexity index is 641. The molecule has 0 saturated carbocycles. The van der Waals surface area contributed by atoms with Gasteiger partial charge in [0.15, 0.2) is 0 Å². The van der Waals surface area contributed by atoms with Gasteiger partial charge in [0.05, 0.1) is 18.2 Å². The monoisotopic (exact) mass is 354 g/mol. The van der Waals surface area contributed by atoms with Crippen molar-refractivity contribution in [2.75, 3.05) is 25.0 Å². The number of ether oxygens (including phenoxy) is 1. The van der Waals surface area contributed by atoms with Crippen LogP contribution in [0.4, 0.5) is 5.69 Å². The topological polar surface area (TPSA) is 95.9 Å². The standard InChI is InChI=1S/C16H19ClN2O5/c1-2-24-16(23)10-5-7-19(8-6-10)15(22)14(21)18-12-9-11(17)3-4-13(12)20/h3-4,9-10,20H,2,5-8H2,1H3,(H,18,21). The summed E-state index contributed by atoms with van der Waals surface area (Å²) in [6, 6.07) is 4.15. The number of carbonyl (C=O) groups excluding carboxylic acids is 3. The zero-order valence-electron chi connectivity index (χ0n) is 13.3. The molecule has 0 aliphatic carbocycles. The lowest BCUT2D eigenvalue weighted by Crippen LogP contribution is -2.45. The number of rotatable bonds is 3. The number of esters is 1. The molecule has 0 bridgehead atoms. The van der Waals surface area contributed by atoms with Gasteiger partial charge >= 0.3 is 17.8 Å². The van der Waals surface area contributed by atoms with Crippen molar-refractivity contribution in [3.63, 3.8) is 0 Å². The summed E-state index contributed by atoms with van der Waals surface area (Å²) in [4.78, 5) is 37.3. The maximum Gasteiger partial charge on any atom is 0.314 e. The SMILES string of the molecule is CCOC(=O)C1CCN(C(=O)C(=O)Nc2cc(Cl)ccc2O)CC1. The van der Waals surface area contributed by atoms with Crippen LogP contribution in [0.5, 0.6) is 5.75 Å². The number of amides is 2. The van der Waals surface area contributed by atoms with E-state index in [4.69, 9.17) is 16.3 Å². The number of hydrogen-bond acceptors (Lipinski definition) is 5. The van der Waals surface area contributed by atoms with Gasteiger partial charge in [-0.25, -0.2) is 0 Å². The number of phenols is 1. The van der Waals surface area contributed by atoms with Crippen molar-refractivity contribution in [3.05, 3.63) is 23.2 Å². The van der Waals surface area contributed by atoms with Crippen molar-refractivity contribution >= 4 is 35.1 Å². The van der Waals surface area contributed by atoms with Gasteiger partial charge < -0.3 is 20.1 Å². The van der Waals surface area contributed by atoms with E-state index in [0.717, 1.165) is 0 Å².